The minimum Gasteiger partial charge on any atom is -0.353 e. The molecule has 2 atom stereocenters. The van der Waals surface area contributed by atoms with Crippen molar-refractivity contribution < 1.29 is 9.47 Å². The van der Waals surface area contributed by atoms with Crippen LogP contribution in [0.4, 0.5) is 0 Å². The van der Waals surface area contributed by atoms with Crippen molar-refractivity contribution in [3.63, 3.8) is 0 Å². The quantitative estimate of drug-likeness (QED) is 0.774. The second-order valence-corrected chi connectivity index (χ2v) is 4.67. The topological polar surface area (TPSA) is 30.5 Å². The van der Waals surface area contributed by atoms with Gasteiger partial charge in [0.15, 0.2) is 6.29 Å². The highest BCUT2D eigenvalue weighted by Crippen LogP contribution is 2.17. The molecule has 0 aromatic carbocycles. The van der Waals surface area contributed by atoms with Gasteiger partial charge in [0.2, 0.25) is 0 Å². The molecule has 2 heterocycles. The van der Waals surface area contributed by atoms with Gasteiger partial charge in [-0.2, -0.15) is 0 Å². The molecule has 15 heavy (non-hydrogen) atoms. The Hall–Kier alpha value is -0.120. The van der Waals surface area contributed by atoms with Gasteiger partial charge in [0.05, 0.1) is 6.61 Å². The molecule has 3 heteroatoms. The number of piperidine rings is 1. The van der Waals surface area contributed by atoms with Gasteiger partial charge in [-0.3, -0.25) is 0 Å². The van der Waals surface area contributed by atoms with E-state index in [0.29, 0.717) is 0 Å². The van der Waals surface area contributed by atoms with Gasteiger partial charge in [-0.1, -0.05) is 0 Å². The lowest BCUT2D eigenvalue weighted by atomic mass is 9.97. The third-order valence-corrected chi connectivity index (χ3v) is 3.37. The van der Waals surface area contributed by atoms with Gasteiger partial charge in [-0.25, -0.2) is 0 Å². The Morgan fingerprint density at radius 2 is 2.20 bits per heavy atom. The Morgan fingerprint density at radius 1 is 1.20 bits per heavy atom. The first kappa shape index (κ1) is 11.4. The molecule has 2 unspecified atom stereocenters. The highest BCUT2D eigenvalue weighted by molar-refractivity contribution is 4.68. The number of hydrogen-bond donors (Lipinski definition) is 1. The van der Waals surface area contributed by atoms with E-state index in [4.69, 9.17) is 9.47 Å². The Morgan fingerprint density at radius 3 is 2.93 bits per heavy atom. The largest absolute Gasteiger partial charge is 0.353 e. The molecule has 2 fully saturated rings. The molecule has 2 aliphatic heterocycles. The Kier molecular flexibility index (Phi) is 4.90. The molecule has 0 aromatic rings. The van der Waals surface area contributed by atoms with Crippen molar-refractivity contribution >= 4 is 0 Å². The average Bonchev–Trinajstić information content (AvgIpc) is 2.32. The van der Waals surface area contributed by atoms with Crippen molar-refractivity contribution in [1.82, 2.24) is 5.32 Å². The van der Waals surface area contributed by atoms with Crippen LogP contribution >= 0.6 is 0 Å². The van der Waals surface area contributed by atoms with Gasteiger partial charge in [-0.15, -0.1) is 0 Å². The second-order valence-electron chi connectivity index (χ2n) is 4.67. The molecule has 2 rings (SSSR count). The lowest BCUT2D eigenvalue weighted by molar-refractivity contribution is -0.164. The minimum atomic E-state index is 0.0929. The Labute approximate surface area is 92.5 Å². The van der Waals surface area contributed by atoms with E-state index < -0.39 is 0 Å². The van der Waals surface area contributed by atoms with Crippen LogP contribution in [0.3, 0.4) is 0 Å². The summed E-state index contributed by atoms with van der Waals surface area (Å²) in [5.41, 5.74) is 0. The van der Waals surface area contributed by atoms with Crippen LogP contribution in [-0.4, -0.2) is 32.6 Å². The first-order valence-corrected chi connectivity index (χ1v) is 6.39. The van der Waals surface area contributed by atoms with E-state index in [2.05, 4.69) is 5.32 Å². The maximum Gasteiger partial charge on any atom is 0.157 e. The summed E-state index contributed by atoms with van der Waals surface area (Å²) in [6.07, 6.45) is 7.51. The summed E-state index contributed by atoms with van der Waals surface area (Å²) in [7, 11) is 0. The predicted molar refractivity (Wildman–Crippen MR) is 59.8 cm³/mol. The van der Waals surface area contributed by atoms with Crippen molar-refractivity contribution in [2.45, 2.75) is 44.8 Å². The van der Waals surface area contributed by atoms with E-state index >= 15 is 0 Å². The van der Waals surface area contributed by atoms with Crippen molar-refractivity contribution in [2.75, 3.05) is 26.3 Å². The van der Waals surface area contributed by atoms with Crippen molar-refractivity contribution in [1.29, 1.82) is 0 Å². The number of ether oxygens (including phenoxy) is 2. The Balaban J connectivity index is 1.53. The standard InChI is InChI=1S/C12H23NO2/c1-2-8-14-12(5-1)15-9-6-11-4-3-7-13-10-11/h11-13H,1-10H2. The van der Waals surface area contributed by atoms with Crippen LogP contribution in [0, 0.1) is 5.92 Å². The first-order chi connectivity index (χ1) is 7.45. The lowest BCUT2D eigenvalue weighted by Crippen LogP contribution is -2.31. The third-order valence-electron chi connectivity index (χ3n) is 3.37. The summed E-state index contributed by atoms with van der Waals surface area (Å²) in [6.45, 7) is 4.13. The molecule has 0 aromatic heterocycles. The molecular formula is C12H23NO2. The van der Waals surface area contributed by atoms with E-state index in [1.807, 2.05) is 0 Å². The first-order valence-electron chi connectivity index (χ1n) is 6.39. The summed E-state index contributed by atoms with van der Waals surface area (Å²) in [6, 6.07) is 0. The van der Waals surface area contributed by atoms with Crippen LogP contribution in [0.2, 0.25) is 0 Å². The molecule has 0 amide bonds. The summed E-state index contributed by atoms with van der Waals surface area (Å²) in [5, 5.41) is 3.44. The minimum absolute atomic E-state index is 0.0929. The number of nitrogens with one attached hydrogen (secondary N) is 1. The molecule has 0 spiro atoms. The highest BCUT2D eigenvalue weighted by atomic mass is 16.7. The van der Waals surface area contributed by atoms with Gasteiger partial charge in [0.25, 0.3) is 0 Å². The van der Waals surface area contributed by atoms with Crippen LogP contribution in [0.25, 0.3) is 0 Å². The van der Waals surface area contributed by atoms with E-state index in [-0.39, 0.29) is 6.29 Å². The van der Waals surface area contributed by atoms with E-state index in [1.54, 1.807) is 0 Å². The molecular weight excluding hydrogens is 190 g/mol. The van der Waals surface area contributed by atoms with Gasteiger partial charge in [0.1, 0.15) is 0 Å². The summed E-state index contributed by atoms with van der Waals surface area (Å²) >= 11 is 0. The van der Waals surface area contributed by atoms with E-state index in [9.17, 15) is 0 Å². The molecule has 0 saturated carbocycles. The van der Waals surface area contributed by atoms with Crippen molar-refractivity contribution in [3.05, 3.63) is 0 Å². The smallest absolute Gasteiger partial charge is 0.157 e. The molecule has 0 aliphatic carbocycles. The fourth-order valence-corrected chi connectivity index (χ4v) is 2.38. The summed E-state index contributed by atoms with van der Waals surface area (Å²) in [4.78, 5) is 0. The molecule has 0 bridgehead atoms. The number of hydrogen-bond acceptors (Lipinski definition) is 3. The molecule has 3 nitrogen and oxygen atoms in total. The lowest BCUT2D eigenvalue weighted by Gasteiger charge is -2.25. The molecule has 1 N–H and O–H groups in total. The van der Waals surface area contributed by atoms with Gasteiger partial charge in [0, 0.05) is 6.61 Å². The maximum absolute atomic E-state index is 5.74. The SMILES string of the molecule is C1CCC(OCCC2CCCNC2)OC1. The summed E-state index contributed by atoms with van der Waals surface area (Å²) < 4.78 is 11.3. The zero-order valence-corrected chi connectivity index (χ0v) is 9.54. The monoisotopic (exact) mass is 213 g/mol. The zero-order valence-electron chi connectivity index (χ0n) is 9.54. The average molecular weight is 213 g/mol. The van der Waals surface area contributed by atoms with Crippen LogP contribution < -0.4 is 5.32 Å². The van der Waals surface area contributed by atoms with Gasteiger partial charge < -0.3 is 14.8 Å². The van der Waals surface area contributed by atoms with Crippen LogP contribution in [0.1, 0.15) is 38.5 Å². The molecule has 2 aliphatic rings. The van der Waals surface area contributed by atoms with Gasteiger partial charge in [-0.05, 0) is 57.5 Å². The third kappa shape index (κ3) is 4.09. The fraction of sp³-hybridized carbons (Fsp3) is 1.00. The molecule has 88 valence electrons. The predicted octanol–water partition coefficient (Wildman–Crippen LogP) is 1.92. The maximum atomic E-state index is 5.74. The van der Waals surface area contributed by atoms with Crippen LogP contribution in [0.5, 0.6) is 0 Å². The molecule has 2 saturated heterocycles. The van der Waals surface area contributed by atoms with E-state index in [1.165, 1.54) is 45.2 Å². The molecule has 0 radical (unpaired) electrons. The fourth-order valence-electron chi connectivity index (χ4n) is 2.38. The van der Waals surface area contributed by atoms with Crippen LogP contribution in [0.15, 0.2) is 0 Å². The number of rotatable bonds is 4. The highest BCUT2D eigenvalue weighted by Gasteiger charge is 2.16. The normalized spacial score (nSPS) is 32.8. The second kappa shape index (κ2) is 6.46. The Bertz CT molecular complexity index is 145. The summed E-state index contributed by atoms with van der Waals surface area (Å²) in [5.74, 6) is 0.822. The van der Waals surface area contributed by atoms with E-state index in [0.717, 1.165) is 25.6 Å². The van der Waals surface area contributed by atoms with Crippen molar-refractivity contribution in [2.24, 2.45) is 5.92 Å². The van der Waals surface area contributed by atoms with Crippen LogP contribution in [-0.2, 0) is 9.47 Å². The zero-order chi connectivity index (χ0) is 10.3. The van der Waals surface area contributed by atoms with Crippen molar-refractivity contribution in [3.8, 4) is 0 Å². The van der Waals surface area contributed by atoms with Gasteiger partial charge >= 0.3 is 0 Å².